The van der Waals surface area contributed by atoms with Gasteiger partial charge < -0.3 is 15.8 Å². The number of hydrogen-bond donors (Lipinski definition) is 2. The van der Waals surface area contributed by atoms with Crippen LogP contribution >= 0.6 is 31.9 Å². The normalized spacial score (nSPS) is 10.2. The van der Waals surface area contributed by atoms with E-state index in [4.69, 9.17) is 10.5 Å². The van der Waals surface area contributed by atoms with E-state index in [2.05, 4.69) is 37.2 Å². The lowest BCUT2D eigenvalue weighted by atomic mass is 10.2. The second-order valence-corrected chi connectivity index (χ2v) is 4.88. The summed E-state index contributed by atoms with van der Waals surface area (Å²) in [5.74, 6) is 0.0803. The summed E-state index contributed by atoms with van der Waals surface area (Å²) in [4.78, 5) is 10.6. The average molecular weight is 352 g/mol. The molecule has 0 saturated carbocycles. The highest BCUT2D eigenvalue weighted by Crippen LogP contribution is 2.34. The van der Waals surface area contributed by atoms with Crippen molar-refractivity contribution in [2.45, 2.75) is 6.54 Å². The standard InChI is InChI=1S/C10H12Br2N2O2/c1-14-4-6-2-7(11)10(8(12)3-6)16-5-9(13)15/h2-3,14H,4-5H2,1H3,(H2,13,15). The molecule has 3 N–H and O–H groups in total. The zero-order valence-electron chi connectivity index (χ0n) is 8.72. The van der Waals surface area contributed by atoms with Crippen molar-refractivity contribution in [2.75, 3.05) is 13.7 Å². The summed E-state index contributed by atoms with van der Waals surface area (Å²) in [7, 11) is 1.87. The molecule has 0 atom stereocenters. The first kappa shape index (κ1) is 13.5. The fourth-order valence-electron chi connectivity index (χ4n) is 1.20. The smallest absolute Gasteiger partial charge is 0.255 e. The lowest BCUT2D eigenvalue weighted by Crippen LogP contribution is -2.20. The highest BCUT2D eigenvalue weighted by molar-refractivity contribution is 9.11. The van der Waals surface area contributed by atoms with Gasteiger partial charge in [-0.15, -0.1) is 0 Å². The SMILES string of the molecule is CNCc1cc(Br)c(OCC(N)=O)c(Br)c1. The number of nitrogens with two attached hydrogens (primary N) is 1. The number of halogens is 2. The number of amides is 1. The number of rotatable bonds is 5. The molecule has 1 aromatic rings. The van der Waals surface area contributed by atoms with Crippen molar-refractivity contribution < 1.29 is 9.53 Å². The predicted molar refractivity (Wildman–Crippen MR) is 69.3 cm³/mol. The van der Waals surface area contributed by atoms with Crippen LogP contribution in [0.25, 0.3) is 0 Å². The molecule has 0 heterocycles. The largest absolute Gasteiger partial charge is 0.481 e. The van der Waals surface area contributed by atoms with Crippen molar-refractivity contribution in [1.29, 1.82) is 0 Å². The molecular formula is C10H12Br2N2O2. The van der Waals surface area contributed by atoms with E-state index in [9.17, 15) is 4.79 Å². The first-order chi connectivity index (χ1) is 7.54. The molecule has 0 aromatic heterocycles. The summed E-state index contributed by atoms with van der Waals surface area (Å²) >= 11 is 6.77. The summed E-state index contributed by atoms with van der Waals surface area (Å²) in [6, 6.07) is 3.86. The highest BCUT2D eigenvalue weighted by atomic mass is 79.9. The van der Waals surface area contributed by atoms with Crippen LogP contribution in [0.5, 0.6) is 5.75 Å². The number of carbonyl (C=O) groups excluding carboxylic acids is 1. The molecule has 4 nitrogen and oxygen atoms in total. The molecule has 0 aliphatic heterocycles. The lowest BCUT2D eigenvalue weighted by molar-refractivity contribution is -0.119. The lowest BCUT2D eigenvalue weighted by Gasteiger charge is -2.10. The van der Waals surface area contributed by atoms with Crippen LogP contribution in [0, 0.1) is 0 Å². The second-order valence-electron chi connectivity index (χ2n) is 3.17. The van der Waals surface area contributed by atoms with Gasteiger partial charge in [-0.05, 0) is 56.6 Å². The van der Waals surface area contributed by atoms with Crippen LogP contribution in [0.1, 0.15) is 5.56 Å². The van der Waals surface area contributed by atoms with Crippen molar-refractivity contribution in [3.8, 4) is 5.75 Å². The molecule has 0 radical (unpaired) electrons. The predicted octanol–water partition coefficient (Wildman–Crippen LogP) is 1.80. The molecule has 0 aliphatic rings. The molecule has 0 fully saturated rings. The third-order valence-corrected chi connectivity index (χ3v) is 2.98. The molecule has 0 spiro atoms. The Morgan fingerprint density at radius 2 is 2.00 bits per heavy atom. The molecule has 1 amide bonds. The van der Waals surface area contributed by atoms with E-state index in [-0.39, 0.29) is 6.61 Å². The zero-order chi connectivity index (χ0) is 12.1. The maximum absolute atomic E-state index is 10.6. The Morgan fingerprint density at radius 3 is 2.44 bits per heavy atom. The van der Waals surface area contributed by atoms with E-state index >= 15 is 0 Å². The van der Waals surface area contributed by atoms with Crippen molar-refractivity contribution in [1.82, 2.24) is 5.32 Å². The van der Waals surface area contributed by atoms with Crippen molar-refractivity contribution in [3.63, 3.8) is 0 Å². The molecule has 16 heavy (non-hydrogen) atoms. The number of ether oxygens (including phenoxy) is 1. The summed E-state index contributed by atoms with van der Waals surface area (Å²) in [6.45, 7) is 0.621. The van der Waals surface area contributed by atoms with Crippen LogP contribution in [0.15, 0.2) is 21.1 Å². The van der Waals surface area contributed by atoms with Gasteiger partial charge >= 0.3 is 0 Å². The van der Waals surface area contributed by atoms with Gasteiger partial charge in [-0.25, -0.2) is 0 Å². The number of nitrogens with one attached hydrogen (secondary N) is 1. The molecule has 0 aliphatic carbocycles. The van der Waals surface area contributed by atoms with Crippen LogP contribution in [0.3, 0.4) is 0 Å². The molecule has 6 heteroatoms. The van der Waals surface area contributed by atoms with E-state index < -0.39 is 5.91 Å². The number of primary amides is 1. The fraction of sp³-hybridized carbons (Fsp3) is 0.300. The fourth-order valence-corrected chi connectivity index (χ4v) is 2.71. The summed E-state index contributed by atoms with van der Waals surface area (Å²) in [5.41, 5.74) is 6.12. The Kier molecular flexibility index (Phi) is 5.24. The maximum atomic E-state index is 10.6. The van der Waals surface area contributed by atoms with Gasteiger partial charge in [0.2, 0.25) is 0 Å². The van der Waals surface area contributed by atoms with Gasteiger partial charge in [-0.2, -0.15) is 0 Å². The van der Waals surface area contributed by atoms with E-state index in [0.717, 1.165) is 21.1 Å². The topological polar surface area (TPSA) is 64.3 Å². The molecule has 0 bridgehead atoms. The summed E-state index contributed by atoms with van der Waals surface area (Å²) < 4.78 is 6.84. The van der Waals surface area contributed by atoms with Crippen LogP contribution in [0.2, 0.25) is 0 Å². The Morgan fingerprint density at radius 1 is 1.44 bits per heavy atom. The van der Waals surface area contributed by atoms with Crippen LogP contribution < -0.4 is 15.8 Å². The Labute approximate surface area is 111 Å². The zero-order valence-corrected chi connectivity index (χ0v) is 11.9. The molecule has 88 valence electrons. The second kappa shape index (κ2) is 6.22. The third kappa shape index (κ3) is 3.77. The van der Waals surface area contributed by atoms with Gasteiger partial charge in [0, 0.05) is 6.54 Å². The van der Waals surface area contributed by atoms with E-state index in [0.29, 0.717) is 5.75 Å². The Hall–Kier alpha value is -0.590. The monoisotopic (exact) mass is 350 g/mol. The summed E-state index contributed by atoms with van der Waals surface area (Å²) in [5, 5.41) is 3.05. The van der Waals surface area contributed by atoms with Gasteiger partial charge in [0.1, 0.15) is 5.75 Å². The first-order valence-corrected chi connectivity index (χ1v) is 6.16. The van der Waals surface area contributed by atoms with Crippen molar-refractivity contribution in [2.24, 2.45) is 5.73 Å². The Balaban J connectivity index is 2.89. The molecule has 1 aromatic carbocycles. The number of hydrogen-bond acceptors (Lipinski definition) is 3. The maximum Gasteiger partial charge on any atom is 0.255 e. The van der Waals surface area contributed by atoms with Crippen molar-refractivity contribution in [3.05, 3.63) is 26.6 Å². The minimum Gasteiger partial charge on any atom is -0.481 e. The number of carbonyl (C=O) groups is 1. The molecule has 0 saturated heterocycles. The average Bonchev–Trinajstić information content (AvgIpc) is 2.16. The van der Waals surface area contributed by atoms with E-state index in [1.807, 2.05) is 19.2 Å². The molecular weight excluding hydrogens is 340 g/mol. The van der Waals surface area contributed by atoms with Crippen molar-refractivity contribution >= 4 is 37.8 Å². The first-order valence-electron chi connectivity index (χ1n) is 4.58. The van der Waals surface area contributed by atoms with Gasteiger partial charge in [0.25, 0.3) is 5.91 Å². The minimum atomic E-state index is -0.502. The van der Waals surface area contributed by atoms with Crippen LogP contribution in [-0.2, 0) is 11.3 Å². The van der Waals surface area contributed by atoms with Gasteiger partial charge in [-0.3, -0.25) is 4.79 Å². The van der Waals surface area contributed by atoms with Crippen LogP contribution in [-0.4, -0.2) is 19.6 Å². The van der Waals surface area contributed by atoms with Gasteiger partial charge in [-0.1, -0.05) is 0 Å². The van der Waals surface area contributed by atoms with E-state index in [1.54, 1.807) is 0 Å². The van der Waals surface area contributed by atoms with Crippen LogP contribution in [0.4, 0.5) is 0 Å². The quantitative estimate of drug-likeness (QED) is 0.850. The highest BCUT2D eigenvalue weighted by Gasteiger charge is 2.09. The molecule has 0 unspecified atom stereocenters. The minimum absolute atomic E-state index is 0.136. The van der Waals surface area contributed by atoms with E-state index in [1.165, 1.54) is 0 Å². The molecule has 1 rings (SSSR count). The number of benzene rings is 1. The summed E-state index contributed by atoms with van der Waals surface area (Å²) in [6.07, 6.45) is 0. The third-order valence-electron chi connectivity index (χ3n) is 1.80. The Bertz CT molecular complexity index is 373. The van der Waals surface area contributed by atoms with Gasteiger partial charge in [0.05, 0.1) is 8.95 Å². The van der Waals surface area contributed by atoms with Gasteiger partial charge in [0.15, 0.2) is 6.61 Å².